The van der Waals surface area contributed by atoms with Crippen molar-refractivity contribution in [2.75, 3.05) is 6.61 Å². The third-order valence-corrected chi connectivity index (χ3v) is 3.19. The molecule has 1 N–H and O–H groups in total. The Bertz CT molecular complexity index is 390. The minimum absolute atomic E-state index is 0.0607. The molecule has 0 spiro atoms. The molecule has 1 aromatic rings. The van der Waals surface area contributed by atoms with Crippen LogP contribution in [0.15, 0.2) is 12.1 Å². The van der Waals surface area contributed by atoms with E-state index in [1.165, 1.54) is 5.56 Å². The monoisotopic (exact) mass is 220 g/mol. The molecule has 1 aromatic carbocycles. The van der Waals surface area contributed by atoms with Gasteiger partial charge in [0.15, 0.2) is 5.78 Å². The van der Waals surface area contributed by atoms with Gasteiger partial charge in [-0.2, -0.15) is 0 Å². The van der Waals surface area contributed by atoms with Crippen LogP contribution in [0.5, 0.6) is 0 Å². The van der Waals surface area contributed by atoms with Crippen LogP contribution in [0.25, 0.3) is 0 Å². The van der Waals surface area contributed by atoms with Crippen molar-refractivity contribution in [1.29, 1.82) is 0 Å². The molecule has 1 atom stereocenters. The van der Waals surface area contributed by atoms with Crippen LogP contribution in [0.2, 0.25) is 0 Å². The van der Waals surface area contributed by atoms with E-state index in [-0.39, 0.29) is 18.3 Å². The van der Waals surface area contributed by atoms with Gasteiger partial charge in [-0.05, 0) is 49.9 Å². The number of benzene rings is 1. The van der Waals surface area contributed by atoms with Crippen molar-refractivity contribution in [2.24, 2.45) is 5.92 Å². The van der Waals surface area contributed by atoms with Crippen molar-refractivity contribution in [2.45, 2.75) is 34.1 Å². The molecule has 0 radical (unpaired) electrons. The summed E-state index contributed by atoms with van der Waals surface area (Å²) in [6.45, 7) is 7.85. The summed E-state index contributed by atoms with van der Waals surface area (Å²) in [5, 5.41) is 9.15. The zero-order valence-corrected chi connectivity index (χ0v) is 10.5. The van der Waals surface area contributed by atoms with Gasteiger partial charge in [0.25, 0.3) is 0 Å². The van der Waals surface area contributed by atoms with Gasteiger partial charge in [-0.25, -0.2) is 0 Å². The van der Waals surface area contributed by atoms with Gasteiger partial charge in [-0.3, -0.25) is 4.79 Å². The molecular weight excluding hydrogens is 200 g/mol. The lowest BCUT2D eigenvalue weighted by Crippen LogP contribution is -2.19. The standard InChI is InChI=1S/C14H20O2/c1-5-12(8-15)14(16)13-7-10(3)9(2)6-11(13)4/h6-7,12,15H,5,8H2,1-4H3. The molecule has 0 saturated heterocycles. The Hall–Kier alpha value is -1.15. The molecule has 88 valence electrons. The number of ketones is 1. The average molecular weight is 220 g/mol. The molecule has 2 heteroatoms. The lowest BCUT2D eigenvalue weighted by atomic mass is 9.91. The highest BCUT2D eigenvalue weighted by Crippen LogP contribution is 2.19. The Morgan fingerprint density at radius 2 is 1.75 bits per heavy atom. The summed E-state index contributed by atoms with van der Waals surface area (Å²) < 4.78 is 0. The first-order chi connectivity index (χ1) is 7.51. The van der Waals surface area contributed by atoms with Gasteiger partial charge in [-0.1, -0.05) is 13.0 Å². The van der Waals surface area contributed by atoms with Gasteiger partial charge in [0, 0.05) is 11.5 Å². The van der Waals surface area contributed by atoms with Crippen LogP contribution in [0, 0.1) is 26.7 Å². The quantitative estimate of drug-likeness (QED) is 0.792. The number of hydrogen-bond donors (Lipinski definition) is 1. The first kappa shape index (κ1) is 12.9. The van der Waals surface area contributed by atoms with E-state index < -0.39 is 0 Å². The maximum atomic E-state index is 12.1. The summed E-state index contributed by atoms with van der Waals surface area (Å²) in [6, 6.07) is 3.97. The molecule has 16 heavy (non-hydrogen) atoms. The van der Waals surface area contributed by atoms with Gasteiger partial charge in [0.1, 0.15) is 0 Å². The number of rotatable bonds is 4. The number of aliphatic hydroxyl groups excluding tert-OH is 1. The highest BCUT2D eigenvalue weighted by Gasteiger charge is 2.19. The highest BCUT2D eigenvalue weighted by atomic mass is 16.3. The van der Waals surface area contributed by atoms with Crippen molar-refractivity contribution in [3.63, 3.8) is 0 Å². The van der Waals surface area contributed by atoms with Gasteiger partial charge < -0.3 is 5.11 Å². The molecule has 0 heterocycles. The maximum absolute atomic E-state index is 12.1. The van der Waals surface area contributed by atoms with Gasteiger partial charge in [-0.15, -0.1) is 0 Å². The summed E-state index contributed by atoms with van der Waals surface area (Å²) in [4.78, 5) is 12.1. The third-order valence-electron chi connectivity index (χ3n) is 3.19. The lowest BCUT2D eigenvalue weighted by molar-refractivity contribution is 0.0855. The maximum Gasteiger partial charge on any atom is 0.168 e. The van der Waals surface area contributed by atoms with Gasteiger partial charge in [0.05, 0.1) is 6.61 Å². The third kappa shape index (κ3) is 2.50. The van der Waals surface area contributed by atoms with E-state index in [0.717, 1.165) is 16.7 Å². The Kier molecular flexibility index (Phi) is 4.25. The zero-order chi connectivity index (χ0) is 12.3. The Labute approximate surface area is 97.3 Å². The van der Waals surface area contributed by atoms with E-state index in [1.807, 2.05) is 39.8 Å². The van der Waals surface area contributed by atoms with Crippen LogP contribution in [-0.4, -0.2) is 17.5 Å². The summed E-state index contributed by atoms with van der Waals surface area (Å²) in [5.74, 6) is -0.202. The van der Waals surface area contributed by atoms with Crippen molar-refractivity contribution < 1.29 is 9.90 Å². The summed E-state index contributed by atoms with van der Waals surface area (Å²) >= 11 is 0. The minimum atomic E-state index is -0.263. The van der Waals surface area contributed by atoms with E-state index >= 15 is 0 Å². The van der Waals surface area contributed by atoms with Crippen molar-refractivity contribution in [3.8, 4) is 0 Å². The number of aliphatic hydroxyl groups is 1. The molecule has 0 fully saturated rings. The van der Waals surface area contributed by atoms with Crippen LogP contribution in [0.1, 0.15) is 40.4 Å². The molecule has 0 aromatic heterocycles. The molecule has 1 unspecified atom stereocenters. The second kappa shape index (κ2) is 5.26. The van der Waals surface area contributed by atoms with Crippen LogP contribution < -0.4 is 0 Å². The number of hydrogen-bond acceptors (Lipinski definition) is 2. The van der Waals surface area contributed by atoms with Crippen molar-refractivity contribution in [1.82, 2.24) is 0 Å². The van der Waals surface area contributed by atoms with Crippen LogP contribution in [-0.2, 0) is 0 Å². The molecule has 1 rings (SSSR count). The van der Waals surface area contributed by atoms with Crippen molar-refractivity contribution >= 4 is 5.78 Å². The van der Waals surface area contributed by atoms with E-state index in [0.29, 0.717) is 6.42 Å². The Balaban J connectivity index is 3.13. The van der Waals surface area contributed by atoms with Gasteiger partial charge >= 0.3 is 0 Å². The van der Waals surface area contributed by atoms with E-state index in [9.17, 15) is 4.79 Å². The van der Waals surface area contributed by atoms with E-state index in [4.69, 9.17) is 5.11 Å². The van der Waals surface area contributed by atoms with Crippen molar-refractivity contribution in [3.05, 3.63) is 34.4 Å². The smallest absolute Gasteiger partial charge is 0.168 e. The van der Waals surface area contributed by atoms with Crippen LogP contribution in [0.4, 0.5) is 0 Å². The number of carbonyl (C=O) groups is 1. The van der Waals surface area contributed by atoms with E-state index in [2.05, 4.69) is 0 Å². The first-order valence-electron chi connectivity index (χ1n) is 5.74. The fourth-order valence-electron chi connectivity index (χ4n) is 1.84. The Morgan fingerprint density at radius 3 is 2.25 bits per heavy atom. The molecule has 0 aliphatic carbocycles. The molecule has 2 nitrogen and oxygen atoms in total. The molecule has 0 saturated carbocycles. The van der Waals surface area contributed by atoms with Gasteiger partial charge in [0.2, 0.25) is 0 Å². The minimum Gasteiger partial charge on any atom is -0.396 e. The molecule has 0 aliphatic heterocycles. The fraction of sp³-hybridized carbons (Fsp3) is 0.500. The highest BCUT2D eigenvalue weighted by molar-refractivity contribution is 5.99. The molecular formula is C14H20O2. The SMILES string of the molecule is CCC(CO)C(=O)c1cc(C)c(C)cc1C. The second-order valence-electron chi connectivity index (χ2n) is 4.40. The van der Waals surface area contributed by atoms with E-state index in [1.54, 1.807) is 0 Å². The fourth-order valence-corrected chi connectivity index (χ4v) is 1.84. The predicted molar refractivity (Wildman–Crippen MR) is 65.9 cm³/mol. The first-order valence-corrected chi connectivity index (χ1v) is 5.74. The zero-order valence-electron chi connectivity index (χ0n) is 10.5. The normalized spacial score (nSPS) is 12.6. The number of aryl methyl sites for hydroxylation is 3. The number of carbonyl (C=O) groups excluding carboxylic acids is 1. The molecule has 0 bridgehead atoms. The molecule has 0 amide bonds. The van der Waals surface area contributed by atoms with Crippen LogP contribution in [0.3, 0.4) is 0 Å². The van der Waals surface area contributed by atoms with Crippen LogP contribution >= 0.6 is 0 Å². The second-order valence-corrected chi connectivity index (χ2v) is 4.40. The lowest BCUT2D eigenvalue weighted by Gasteiger charge is -2.14. The predicted octanol–water partition coefficient (Wildman–Crippen LogP) is 2.81. The summed E-state index contributed by atoms with van der Waals surface area (Å²) in [6.07, 6.45) is 0.682. The number of Topliss-reactive ketones (excluding diaryl/α,β-unsaturated/α-hetero) is 1. The summed E-state index contributed by atoms with van der Waals surface area (Å²) in [7, 11) is 0. The largest absolute Gasteiger partial charge is 0.396 e. The topological polar surface area (TPSA) is 37.3 Å². The summed E-state index contributed by atoms with van der Waals surface area (Å²) in [5.41, 5.74) is 4.08. The Morgan fingerprint density at radius 1 is 1.19 bits per heavy atom. The average Bonchev–Trinajstić information content (AvgIpc) is 2.25. The molecule has 0 aliphatic rings.